The van der Waals surface area contributed by atoms with Crippen LogP contribution >= 0.6 is 15.9 Å². The van der Waals surface area contributed by atoms with Gasteiger partial charge in [0.1, 0.15) is 0 Å². The second-order valence-corrected chi connectivity index (χ2v) is 4.68. The van der Waals surface area contributed by atoms with E-state index in [1.165, 1.54) is 0 Å². The summed E-state index contributed by atoms with van der Waals surface area (Å²) in [6.45, 7) is 6.41. The van der Waals surface area contributed by atoms with Crippen molar-refractivity contribution in [3.63, 3.8) is 0 Å². The maximum Gasteiger partial charge on any atom is 0.0851 e. The van der Waals surface area contributed by atoms with Gasteiger partial charge in [0, 0.05) is 13.0 Å². The molecule has 0 amide bonds. The largest absolute Gasteiger partial charge is 0.391 e. The first kappa shape index (κ1) is 13.7. The molecule has 0 spiro atoms. The van der Waals surface area contributed by atoms with Crippen molar-refractivity contribution in [2.75, 3.05) is 0 Å². The number of hydrogen-bond donors (Lipinski definition) is 2. The van der Waals surface area contributed by atoms with Crippen molar-refractivity contribution in [1.29, 1.82) is 0 Å². The first-order valence-corrected chi connectivity index (χ1v) is 6.40. The standard InChI is InChI=1S/C11H19BrN2O2/c1-4-8-11(12)9(14(5-2)13-8)6-10(16)7(3)15/h7,10,15-16H,4-6H2,1-3H3. The monoisotopic (exact) mass is 290 g/mol. The van der Waals surface area contributed by atoms with E-state index in [2.05, 4.69) is 21.0 Å². The van der Waals surface area contributed by atoms with Crippen molar-refractivity contribution in [1.82, 2.24) is 9.78 Å². The van der Waals surface area contributed by atoms with Gasteiger partial charge in [-0.05, 0) is 36.2 Å². The van der Waals surface area contributed by atoms with Crippen LogP contribution in [0.25, 0.3) is 0 Å². The molecule has 0 aliphatic heterocycles. The number of nitrogens with zero attached hydrogens (tertiary/aromatic N) is 2. The van der Waals surface area contributed by atoms with E-state index in [-0.39, 0.29) is 0 Å². The minimum Gasteiger partial charge on any atom is -0.391 e. The summed E-state index contributed by atoms with van der Waals surface area (Å²) >= 11 is 3.50. The maximum absolute atomic E-state index is 9.69. The summed E-state index contributed by atoms with van der Waals surface area (Å²) in [5, 5.41) is 23.4. The molecule has 2 unspecified atom stereocenters. The molecule has 4 nitrogen and oxygen atoms in total. The Kier molecular flexibility index (Phi) is 4.95. The quantitative estimate of drug-likeness (QED) is 0.864. The highest BCUT2D eigenvalue weighted by Crippen LogP contribution is 2.24. The van der Waals surface area contributed by atoms with Gasteiger partial charge in [-0.3, -0.25) is 4.68 Å². The van der Waals surface area contributed by atoms with Crippen LogP contribution in [-0.2, 0) is 19.4 Å². The Morgan fingerprint density at radius 1 is 1.38 bits per heavy atom. The lowest BCUT2D eigenvalue weighted by molar-refractivity contribution is 0.0306. The first-order chi connectivity index (χ1) is 7.51. The fourth-order valence-corrected chi connectivity index (χ4v) is 2.31. The first-order valence-electron chi connectivity index (χ1n) is 5.61. The number of halogens is 1. The molecular weight excluding hydrogens is 272 g/mol. The Morgan fingerprint density at radius 2 is 2.00 bits per heavy atom. The molecular formula is C11H19BrN2O2. The smallest absolute Gasteiger partial charge is 0.0851 e. The molecule has 0 bridgehead atoms. The predicted molar refractivity (Wildman–Crippen MR) is 66.4 cm³/mol. The fourth-order valence-electron chi connectivity index (χ4n) is 1.58. The van der Waals surface area contributed by atoms with E-state index in [1.807, 2.05) is 18.5 Å². The SMILES string of the molecule is CCc1nn(CC)c(CC(O)C(C)O)c1Br. The molecule has 1 aromatic heterocycles. The minimum absolute atomic E-state index is 0.416. The van der Waals surface area contributed by atoms with Crippen molar-refractivity contribution >= 4 is 15.9 Å². The van der Waals surface area contributed by atoms with Crippen molar-refractivity contribution in [2.45, 2.75) is 52.4 Å². The molecule has 1 aromatic rings. The van der Waals surface area contributed by atoms with E-state index >= 15 is 0 Å². The number of hydrogen-bond acceptors (Lipinski definition) is 3. The summed E-state index contributed by atoms with van der Waals surface area (Å²) in [5.41, 5.74) is 1.95. The van der Waals surface area contributed by atoms with Crippen LogP contribution in [0, 0.1) is 0 Å². The molecule has 16 heavy (non-hydrogen) atoms. The molecule has 2 atom stereocenters. The Hall–Kier alpha value is -0.390. The zero-order valence-corrected chi connectivity index (χ0v) is 11.5. The highest BCUT2D eigenvalue weighted by molar-refractivity contribution is 9.10. The number of aryl methyl sites for hydroxylation is 2. The Bertz CT molecular complexity index is 350. The lowest BCUT2D eigenvalue weighted by atomic mass is 10.1. The summed E-state index contributed by atoms with van der Waals surface area (Å²) in [6, 6.07) is 0. The van der Waals surface area contributed by atoms with E-state index in [9.17, 15) is 10.2 Å². The molecule has 1 rings (SSSR count). The van der Waals surface area contributed by atoms with Crippen LogP contribution in [0.15, 0.2) is 4.47 Å². The number of rotatable bonds is 5. The predicted octanol–water partition coefficient (Wildman–Crippen LogP) is 1.51. The van der Waals surface area contributed by atoms with Crippen LogP contribution in [0.1, 0.15) is 32.2 Å². The van der Waals surface area contributed by atoms with Crippen LogP contribution in [0.2, 0.25) is 0 Å². The maximum atomic E-state index is 9.69. The van der Waals surface area contributed by atoms with Gasteiger partial charge in [0.2, 0.25) is 0 Å². The van der Waals surface area contributed by atoms with Crippen LogP contribution in [-0.4, -0.2) is 32.2 Å². The third kappa shape index (κ3) is 2.84. The topological polar surface area (TPSA) is 58.3 Å². The van der Waals surface area contributed by atoms with Crippen molar-refractivity contribution in [3.05, 3.63) is 15.9 Å². The molecule has 0 aliphatic carbocycles. The van der Waals surface area contributed by atoms with Gasteiger partial charge in [0.05, 0.1) is 28.1 Å². The Labute approximate surface area is 104 Å². The molecule has 2 N–H and O–H groups in total. The Morgan fingerprint density at radius 3 is 2.44 bits per heavy atom. The lowest BCUT2D eigenvalue weighted by Gasteiger charge is -2.14. The van der Waals surface area contributed by atoms with E-state index in [0.717, 1.165) is 28.8 Å². The van der Waals surface area contributed by atoms with Crippen molar-refractivity contribution in [3.8, 4) is 0 Å². The number of aromatic nitrogens is 2. The zero-order chi connectivity index (χ0) is 12.3. The van der Waals surface area contributed by atoms with Crippen molar-refractivity contribution in [2.24, 2.45) is 0 Å². The van der Waals surface area contributed by atoms with Gasteiger partial charge in [0.15, 0.2) is 0 Å². The Balaban J connectivity index is 2.97. The second-order valence-electron chi connectivity index (χ2n) is 3.89. The van der Waals surface area contributed by atoms with E-state index < -0.39 is 12.2 Å². The minimum atomic E-state index is -0.747. The average molecular weight is 291 g/mol. The van der Waals surface area contributed by atoms with Crippen LogP contribution in [0.5, 0.6) is 0 Å². The van der Waals surface area contributed by atoms with Crippen molar-refractivity contribution < 1.29 is 10.2 Å². The van der Waals surface area contributed by atoms with Gasteiger partial charge >= 0.3 is 0 Å². The summed E-state index contributed by atoms with van der Waals surface area (Å²) < 4.78 is 2.82. The van der Waals surface area contributed by atoms with Gasteiger partial charge in [0.25, 0.3) is 0 Å². The van der Waals surface area contributed by atoms with Gasteiger partial charge in [-0.25, -0.2) is 0 Å². The normalized spacial score (nSPS) is 15.1. The molecule has 0 saturated carbocycles. The average Bonchev–Trinajstić information content (AvgIpc) is 2.55. The lowest BCUT2D eigenvalue weighted by Crippen LogP contribution is -2.26. The third-order valence-corrected chi connectivity index (χ3v) is 3.57. The fraction of sp³-hybridized carbons (Fsp3) is 0.727. The van der Waals surface area contributed by atoms with Crippen LogP contribution in [0.3, 0.4) is 0 Å². The highest BCUT2D eigenvalue weighted by Gasteiger charge is 2.19. The van der Waals surface area contributed by atoms with E-state index in [0.29, 0.717) is 6.42 Å². The molecule has 0 aromatic carbocycles. The van der Waals surface area contributed by atoms with E-state index in [4.69, 9.17) is 0 Å². The zero-order valence-electron chi connectivity index (χ0n) is 9.94. The molecule has 92 valence electrons. The van der Waals surface area contributed by atoms with Gasteiger partial charge in [-0.1, -0.05) is 6.92 Å². The van der Waals surface area contributed by atoms with E-state index in [1.54, 1.807) is 6.92 Å². The second kappa shape index (κ2) is 5.80. The summed E-state index contributed by atoms with van der Waals surface area (Å²) in [6.07, 6.45) is -0.204. The van der Waals surface area contributed by atoms with Crippen LogP contribution in [0.4, 0.5) is 0 Å². The summed E-state index contributed by atoms with van der Waals surface area (Å²) in [7, 11) is 0. The van der Waals surface area contributed by atoms with Gasteiger partial charge in [-0.15, -0.1) is 0 Å². The highest BCUT2D eigenvalue weighted by atomic mass is 79.9. The van der Waals surface area contributed by atoms with Gasteiger partial charge < -0.3 is 10.2 Å². The van der Waals surface area contributed by atoms with Gasteiger partial charge in [-0.2, -0.15) is 5.10 Å². The summed E-state index contributed by atoms with van der Waals surface area (Å²) in [5.74, 6) is 0. The molecule has 0 radical (unpaired) electrons. The van der Waals surface area contributed by atoms with Crippen LogP contribution < -0.4 is 0 Å². The number of aliphatic hydroxyl groups is 2. The molecule has 1 heterocycles. The summed E-state index contributed by atoms with van der Waals surface area (Å²) in [4.78, 5) is 0. The molecule has 5 heteroatoms. The molecule has 0 aliphatic rings. The molecule has 0 saturated heterocycles. The molecule has 0 fully saturated rings. The number of aliphatic hydroxyl groups excluding tert-OH is 2. The third-order valence-electron chi connectivity index (χ3n) is 2.65.